The van der Waals surface area contributed by atoms with Crippen molar-refractivity contribution in [1.82, 2.24) is 15.2 Å². The predicted octanol–water partition coefficient (Wildman–Crippen LogP) is 3.07. The van der Waals surface area contributed by atoms with Gasteiger partial charge in [0.2, 0.25) is 0 Å². The van der Waals surface area contributed by atoms with Crippen molar-refractivity contribution in [2.75, 3.05) is 26.7 Å². The number of carbonyl (C=O) groups excluding carboxylic acids is 1. The van der Waals surface area contributed by atoms with E-state index < -0.39 is 0 Å². The van der Waals surface area contributed by atoms with Crippen molar-refractivity contribution >= 4 is 17.7 Å². The second kappa shape index (κ2) is 7.68. The fraction of sp³-hybridized carbons (Fsp3) is 0.400. The molecule has 1 amide bonds. The molecule has 3 aliphatic rings. The Morgan fingerprint density at radius 3 is 2.62 bits per heavy atom. The first-order valence-corrected chi connectivity index (χ1v) is 9.83. The molecule has 1 N–H and O–H groups in total. The molecule has 0 unspecified atom stereocenters. The maximum atomic E-state index is 12.6. The van der Waals surface area contributed by atoms with Crippen LogP contribution in [-0.2, 0) is 0 Å². The number of amides is 1. The van der Waals surface area contributed by atoms with Gasteiger partial charge < -0.3 is 15.0 Å². The molecule has 136 valence electrons. The number of piperidine rings is 3. The summed E-state index contributed by atoms with van der Waals surface area (Å²) in [4.78, 5) is 21.3. The van der Waals surface area contributed by atoms with Crippen LogP contribution >= 0.6 is 11.8 Å². The largest absolute Gasteiger partial charge is 0.495 e. The number of pyridine rings is 1. The van der Waals surface area contributed by atoms with E-state index in [1.165, 1.54) is 25.9 Å². The first-order chi connectivity index (χ1) is 12.7. The van der Waals surface area contributed by atoms with Gasteiger partial charge in [-0.3, -0.25) is 9.78 Å². The third-order valence-electron chi connectivity index (χ3n) is 5.25. The minimum Gasteiger partial charge on any atom is -0.495 e. The van der Waals surface area contributed by atoms with Gasteiger partial charge in [-0.25, -0.2) is 0 Å². The Bertz CT molecular complexity index is 773. The molecule has 5 nitrogen and oxygen atoms in total. The molecule has 5 rings (SSSR count). The number of nitrogens with zero attached hydrogens (tertiary/aromatic N) is 2. The van der Waals surface area contributed by atoms with Gasteiger partial charge in [-0.2, -0.15) is 0 Å². The third-order valence-corrected chi connectivity index (χ3v) is 6.22. The van der Waals surface area contributed by atoms with E-state index in [1.807, 2.05) is 30.3 Å². The first kappa shape index (κ1) is 17.4. The highest BCUT2D eigenvalue weighted by Crippen LogP contribution is 2.30. The summed E-state index contributed by atoms with van der Waals surface area (Å²) in [5, 5.41) is 3.24. The Kier molecular flexibility index (Phi) is 5.13. The highest BCUT2D eigenvalue weighted by molar-refractivity contribution is 7.99. The number of carbonyl (C=O) groups is 1. The van der Waals surface area contributed by atoms with E-state index in [1.54, 1.807) is 31.3 Å². The molecule has 3 aliphatic heterocycles. The zero-order chi connectivity index (χ0) is 17.9. The Morgan fingerprint density at radius 1 is 1.19 bits per heavy atom. The lowest BCUT2D eigenvalue weighted by molar-refractivity contribution is 0.0620. The summed E-state index contributed by atoms with van der Waals surface area (Å²) in [6.45, 7) is 3.36. The van der Waals surface area contributed by atoms with E-state index in [0.717, 1.165) is 27.6 Å². The molecule has 0 aliphatic carbocycles. The lowest BCUT2D eigenvalue weighted by Crippen LogP contribution is -2.57. The topological polar surface area (TPSA) is 54.5 Å². The molecule has 0 saturated carbocycles. The third kappa shape index (κ3) is 3.86. The van der Waals surface area contributed by atoms with Gasteiger partial charge in [0.1, 0.15) is 5.75 Å². The number of ether oxygens (including phenoxy) is 1. The number of methoxy groups -OCH3 is 1. The highest BCUT2D eigenvalue weighted by Gasteiger charge is 2.34. The Balaban J connectivity index is 1.38. The summed E-state index contributed by atoms with van der Waals surface area (Å²) in [6.07, 6.45) is 5.90. The van der Waals surface area contributed by atoms with Crippen molar-refractivity contribution < 1.29 is 9.53 Å². The second-order valence-corrected chi connectivity index (χ2v) is 8.05. The van der Waals surface area contributed by atoms with Crippen LogP contribution in [0.3, 0.4) is 0 Å². The molecular formula is C20H23N3O2S. The van der Waals surface area contributed by atoms with E-state index in [0.29, 0.717) is 12.0 Å². The van der Waals surface area contributed by atoms with Crippen molar-refractivity contribution in [2.45, 2.75) is 28.7 Å². The maximum Gasteiger partial charge on any atom is 0.251 e. The Labute approximate surface area is 158 Å². The van der Waals surface area contributed by atoms with Gasteiger partial charge in [-0.05, 0) is 62.2 Å². The van der Waals surface area contributed by atoms with Crippen LogP contribution < -0.4 is 10.1 Å². The Hall–Kier alpha value is -2.05. The van der Waals surface area contributed by atoms with Crippen molar-refractivity contribution in [3.63, 3.8) is 0 Å². The summed E-state index contributed by atoms with van der Waals surface area (Å²) in [5.74, 6) is 1.41. The molecule has 4 heterocycles. The average Bonchev–Trinajstić information content (AvgIpc) is 2.69. The number of rotatable bonds is 5. The van der Waals surface area contributed by atoms with Crippen molar-refractivity contribution in [1.29, 1.82) is 0 Å². The minimum atomic E-state index is 0.0309. The minimum absolute atomic E-state index is 0.0309. The molecule has 6 heteroatoms. The smallest absolute Gasteiger partial charge is 0.251 e. The van der Waals surface area contributed by atoms with Gasteiger partial charge in [0, 0.05) is 34.1 Å². The predicted molar refractivity (Wildman–Crippen MR) is 102 cm³/mol. The van der Waals surface area contributed by atoms with Crippen LogP contribution in [0.25, 0.3) is 0 Å². The number of nitrogens with one attached hydrogen (secondary N) is 1. The number of aromatic nitrogens is 1. The first-order valence-electron chi connectivity index (χ1n) is 9.01. The zero-order valence-electron chi connectivity index (χ0n) is 14.9. The van der Waals surface area contributed by atoms with Crippen LogP contribution in [0.5, 0.6) is 5.75 Å². The van der Waals surface area contributed by atoms with Gasteiger partial charge in [-0.1, -0.05) is 11.8 Å². The summed E-state index contributed by atoms with van der Waals surface area (Å²) in [7, 11) is 1.63. The molecular weight excluding hydrogens is 346 g/mol. The molecule has 2 bridgehead atoms. The van der Waals surface area contributed by atoms with Crippen molar-refractivity contribution in [3.8, 4) is 5.75 Å². The molecule has 3 saturated heterocycles. The molecule has 1 aromatic heterocycles. The molecule has 1 aromatic carbocycles. The standard InChI is InChI=1S/C20H23N3O2S/c1-25-16-10-18(12-21-11-16)26-17-4-2-15(3-5-17)20(24)22-19-13-23-8-6-14(19)7-9-23/h2-5,10-12,14,19H,6-9,13H2,1H3,(H,22,24)/t19-/m0/s1. The molecule has 2 aromatic rings. The summed E-state index contributed by atoms with van der Waals surface area (Å²) in [6, 6.07) is 10.00. The number of fused-ring (bicyclic) bond motifs is 3. The Morgan fingerprint density at radius 2 is 1.96 bits per heavy atom. The van der Waals surface area contributed by atoms with Gasteiger partial charge in [0.25, 0.3) is 5.91 Å². The molecule has 26 heavy (non-hydrogen) atoms. The number of benzene rings is 1. The fourth-order valence-corrected chi connectivity index (χ4v) is 4.59. The van der Waals surface area contributed by atoms with Crippen LogP contribution in [0.15, 0.2) is 52.5 Å². The van der Waals surface area contributed by atoms with E-state index in [4.69, 9.17) is 4.74 Å². The van der Waals surface area contributed by atoms with E-state index in [2.05, 4.69) is 15.2 Å². The van der Waals surface area contributed by atoms with E-state index in [9.17, 15) is 4.79 Å². The van der Waals surface area contributed by atoms with Crippen LogP contribution in [0, 0.1) is 5.92 Å². The molecule has 0 radical (unpaired) electrons. The maximum absolute atomic E-state index is 12.6. The van der Waals surface area contributed by atoms with Gasteiger partial charge in [0.15, 0.2) is 0 Å². The van der Waals surface area contributed by atoms with Crippen LogP contribution in [0.2, 0.25) is 0 Å². The normalized spacial score (nSPS) is 24.3. The summed E-state index contributed by atoms with van der Waals surface area (Å²) < 4.78 is 5.20. The summed E-state index contributed by atoms with van der Waals surface area (Å²) in [5.41, 5.74) is 0.717. The van der Waals surface area contributed by atoms with Gasteiger partial charge in [0.05, 0.1) is 13.3 Å². The average molecular weight is 369 g/mol. The van der Waals surface area contributed by atoms with E-state index in [-0.39, 0.29) is 5.91 Å². The molecule has 0 spiro atoms. The quantitative estimate of drug-likeness (QED) is 0.878. The van der Waals surface area contributed by atoms with Crippen LogP contribution in [0.4, 0.5) is 0 Å². The van der Waals surface area contributed by atoms with E-state index >= 15 is 0 Å². The lowest BCUT2D eigenvalue weighted by atomic mass is 9.84. The molecule has 1 atom stereocenters. The lowest BCUT2D eigenvalue weighted by Gasteiger charge is -2.44. The van der Waals surface area contributed by atoms with Crippen LogP contribution in [0.1, 0.15) is 23.2 Å². The SMILES string of the molecule is COc1cncc(Sc2ccc(C(=O)N[C@H]3CN4CCC3CC4)cc2)c1. The fourth-order valence-electron chi connectivity index (χ4n) is 3.76. The van der Waals surface area contributed by atoms with Crippen molar-refractivity contribution in [3.05, 3.63) is 48.3 Å². The number of hydrogen-bond acceptors (Lipinski definition) is 5. The molecule has 3 fully saturated rings. The zero-order valence-corrected chi connectivity index (χ0v) is 15.7. The summed E-state index contributed by atoms with van der Waals surface area (Å²) >= 11 is 1.60. The number of hydrogen-bond donors (Lipinski definition) is 1. The van der Waals surface area contributed by atoms with Gasteiger partial charge >= 0.3 is 0 Å². The monoisotopic (exact) mass is 369 g/mol. The van der Waals surface area contributed by atoms with Crippen molar-refractivity contribution in [2.24, 2.45) is 5.92 Å². The van der Waals surface area contributed by atoms with Crippen LogP contribution in [-0.4, -0.2) is 48.6 Å². The second-order valence-electron chi connectivity index (χ2n) is 6.90. The highest BCUT2D eigenvalue weighted by atomic mass is 32.2. The van der Waals surface area contributed by atoms with Gasteiger partial charge in [-0.15, -0.1) is 0 Å².